The van der Waals surface area contributed by atoms with Crippen LogP contribution in [0.3, 0.4) is 0 Å². The molecule has 4 nitrogen and oxygen atoms in total. The lowest BCUT2D eigenvalue weighted by Crippen LogP contribution is -2.35. The van der Waals surface area contributed by atoms with Gasteiger partial charge in [0.25, 0.3) is 0 Å². The molecule has 6 heteroatoms. The lowest BCUT2D eigenvalue weighted by atomic mass is 10.1. The minimum absolute atomic E-state index is 0.233. The zero-order chi connectivity index (χ0) is 11.9. The topological polar surface area (TPSA) is 61.2 Å². The van der Waals surface area contributed by atoms with Crippen molar-refractivity contribution in [1.82, 2.24) is 0 Å². The molecule has 16 heavy (non-hydrogen) atoms. The first-order valence-corrected chi connectivity index (χ1v) is 6.46. The van der Waals surface area contributed by atoms with Crippen molar-refractivity contribution in [2.45, 2.75) is 12.5 Å². The molecule has 1 aromatic rings. The summed E-state index contributed by atoms with van der Waals surface area (Å²) in [6.07, 6.45) is 1.27. The number of nitrogens with zero attached hydrogens (tertiary/aromatic N) is 2. The zero-order valence-electron chi connectivity index (χ0n) is 8.51. The second-order valence-corrected chi connectivity index (χ2v) is 5.54. The second kappa shape index (κ2) is 3.46. The number of sulfonamides is 1. The molecule has 1 aromatic carbocycles. The monoisotopic (exact) mass is 240 g/mol. The van der Waals surface area contributed by atoms with Crippen LogP contribution in [-0.4, -0.2) is 20.7 Å². The molecule has 0 saturated heterocycles. The van der Waals surface area contributed by atoms with Crippen LogP contribution in [0.4, 0.5) is 10.1 Å². The highest BCUT2D eigenvalue weighted by molar-refractivity contribution is 7.92. The van der Waals surface area contributed by atoms with Crippen molar-refractivity contribution in [1.29, 1.82) is 5.26 Å². The van der Waals surface area contributed by atoms with E-state index in [2.05, 4.69) is 0 Å². The van der Waals surface area contributed by atoms with Gasteiger partial charge in [0.2, 0.25) is 10.0 Å². The summed E-state index contributed by atoms with van der Waals surface area (Å²) in [6.45, 7) is 0. The molecule has 1 aliphatic heterocycles. The Hall–Kier alpha value is -1.61. The third-order valence-electron chi connectivity index (χ3n) is 2.48. The number of hydrogen-bond donors (Lipinski definition) is 0. The molecule has 0 aliphatic carbocycles. The van der Waals surface area contributed by atoms with Crippen LogP contribution in [0.5, 0.6) is 0 Å². The van der Waals surface area contributed by atoms with E-state index in [9.17, 15) is 12.8 Å². The summed E-state index contributed by atoms with van der Waals surface area (Å²) in [5.41, 5.74) is 0.951. The lowest BCUT2D eigenvalue weighted by Gasteiger charge is -2.19. The van der Waals surface area contributed by atoms with Crippen molar-refractivity contribution in [2.75, 3.05) is 10.6 Å². The third-order valence-corrected chi connectivity index (χ3v) is 3.65. The van der Waals surface area contributed by atoms with E-state index in [0.717, 1.165) is 10.6 Å². The van der Waals surface area contributed by atoms with Gasteiger partial charge in [-0.2, -0.15) is 5.26 Å². The molecule has 0 bridgehead atoms. The van der Waals surface area contributed by atoms with Gasteiger partial charge in [0.1, 0.15) is 11.9 Å². The van der Waals surface area contributed by atoms with Crippen LogP contribution in [0.15, 0.2) is 18.2 Å². The molecule has 2 rings (SSSR count). The number of fused-ring (bicyclic) bond motifs is 1. The number of nitriles is 1. The summed E-state index contributed by atoms with van der Waals surface area (Å²) in [6, 6.07) is 4.99. The Morgan fingerprint density at radius 1 is 1.56 bits per heavy atom. The predicted octanol–water partition coefficient (Wildman–Crippen LogP) is 1.04. The molecule has 0 N–H and O–H groups in total. The van der Waals surface area contributed by atoms with Crippen molar-refractivity contribution in [3.8, 4) is 6.07 Å². The van der Waals surface area contributed by atoms with Gasteiger partial charge in [0.05, 0.1) is 18.0 Å². The number of rotatable bonds is 1. The summed E-state index contributed by atoms with van der Waals surface area (Å²) in [5, 5.41) is 8.89. The van der Waals surface area contributed by atoms with Crippen LogP contribution in [-0.2, 0) is 16.4 Å². The smallest absolute Gasteiger partial charge is 0.233 e. The van der Waals surface area contributed by atoms with E-state index in [1.165, 1.54) is 18.2 Å². The lowest BCUT2D eigenvalue weighted by molar-refractivity contribution is 0.594. The van der Waals surface area contributed by atoms with Gasteiger partial charge in [-0.3, -0.25) is 4.31 Å². The number of benzene rings is 1. The van der Waals surface area contributed by atoms with Crippen LogP contribution in [0.2, 0.25) is 0 Å². The SMILES string of the molecule is CS(=O)(=O)N1c2ccc(F)cc2CC1C#N. The predicted molar refractivity (Wildman–Crippen MR) is 56.8 cm³/mol. The van der Waals surface area contributed by atoms with Gasteiger partial charge in [-0.15, -0.1) is 0 Å². The summed E-state index contributed by atoms with van der Waals surface area (Å²) in [7, 11) is -3.50. The van der Waals surface area contributed by atoms with Crippen molar-refractivity contribution >= 4 is 15.7 Å². The Balaban J connectivity index is 2.59. The molecule has 1 aliphatic rings. The summed E-state index contributed by atoms with van der Waals surface area (Å²) in [5.74, 6) is -0.425. The fourth-order valence-corrected chi connectivity index (χ4v) is 3.02. The Morgan fingerprint density at radius 3 is 2.81 bits per heavy atom. The minimum atomic E-state index is -3.50. The normalized spacial score (nSPS) is 19.3. The molecule has 0 radical (unpaired) electrons. The Kier molecular flexibility index (Phi) is 2.35. The molecular formula is C10H9FN2O2S. The maximum Gasteiger partial charge on any atom is 0.233 e. The standard InChI is InChI=1S/C10H9FN2O2S/c1-16(14,15)13-9(6-12)5-7-4-8(11)2-3-10(7)13/h2-4,9H,5H2,1H3. The molecule has 84 valence electrons. The maximum atomic E-state index is 13.0. The van der Waals surface area contributed by atoms with Crippen LogP contribution in [0, 0.1) is 17.1 Å². The zero-order valence-corrected chi connectivity index (χ0v) is 9.33. The quantitative estimate of drug-likeness (QED) is 0.736. The van der Waals surface area contributed by atoms with E-state index < -0.39 is 21.9 Å². The van der Waals surface area contributed by atoms with Gasteiger partial charge in [0.15, 0.2) is 0 Å². The van der Waals surface area contributed by atoms with E-state index in [-0.39, 0.29) is 6.42 Å². The molecule has 0 saturated carbocycles. The molecule has 0 aromatic heterocycles. The first-order chi connectivity index (χ1) is 7.43. The Bertz CT molecular complexity index is 577. The summed E-state index contributed by atoms with van der Waals surface area (Å²) in [4.78, 5) is 0. The highest BCUT2D eigenvalue weighted by Gasteiger charge is 2.35. The van der Waals surface area contributed by atoms with Crippen LogP contribution in [0.25, 0.3) is 0 Å². The third kappa shape index (κ3) is 1.63. The minimum Gasteiger partial charge on any atom is -0.253 e. The summed E-state index contributed by atoms with van der Waals surface area (Å²) >= 11 is 0. The van der Waals surface area contributed by atoms with Crippen LogP contribution in [0.1, 0.15) is 5.56 Å². The molecule has 0 fully saturated rings. The van der Waals surface area contributed by atoms with Gasteiger partial charge in [-0.25, -0.2) is 12.8 Å². The highest BCUT2D eigenvalue weighted by atomic mass is 32.2. The molecule has 1 atom stereocenters. The van der Waals surface area contributed by atoms with Gasteiger partial charge in [0, 0.05) is 6.42 Å². The molecule has 0 spiro atoms. The average molecular weight is 240 g/mol. The van der Waals surface area contributed by atoms with E-state index in [0.29, 0.717) is 11.3 Å². The van der Waals surface area contributed by atoms with Crippen LogP contribution >= 0.6 is 0 Å². The van der Waals surface area contributed by atoms with Crippen molar-refractivity contribution in [2.24, 2.45) is 0 Å². The van der Waals surface area contributed by atoms with Crippen LogP contribution < -0.4 is 4.31 Å². The van der Waals surface area contributed by atoms with E-state index in [1.54, 1.807) is 0 Å². The van der Waals surface area contributed by atoms with Crippen molar-refractivity contribution in [3.63, 3.8) is 0 Å². The van der Waals surface area contributed by atoms with Gasteiger partial charge >= 0.3 is 0 Å². The van der Waals surface area contributed by atoms with Gasteiger partial charge < -0.3 is 0 Å². The van der Waals surface area contributed by atoms with Crippen molar-refractivity contribution in [3.05, 3.63) is 29.6 Å². The fraction of sp³-hybridized carbons (Fsp3) is 0.300. The number of anilines is 1. The van der Waals surface area contributed by atoms with Crippen molar-refractivity contribution < 1.29 is 12.8 Å². The van der Waals surface area contributed by atoms with Gasteiger partial charge in [-0.05, 0) is 23.8 Å². The molecular weight excluding hydrogens is 231 g/mol. The van der Waals surface area contributed by atoms with E-state index in [4.69, 9.17) is 5.26 Å². The fourth-order valence-electron chi connectivity index (χ4n) is 1.90. The summed E-state index contributed by atoms with van der Waals surface area (Å²) < 4.78 is 37.1. The van der Waals surface area contributed by atoms with E-state index >= 15 is 0 Å². The Morgan fingerprint density at radius 2 is 2.25 bits per heavy atom. The highest BCUT2D eigenvalue weighted by Crippen LogP contribution is 2.34. The number of halogens is 1. The number of hydrogen-bond acceptors (Lipinski definition) is 3. The first kappa shape index (κ1) is 10.9. The first-order valence-electron chi connectivity index (χ1n) is 4.61. The largest absolute Gasteiger partial charge is 0.253 e. The molecule has 1 unspecified atom stereocenters. The molecule has 0 amide bonds. The maximum absolute atomic E-state index is 13.0. The molecule has 1 heterocycles. The average Bonchev–Trinajstić information content (AvgIpc) is 2.54. The van der Waals surface area contributed by atoms with Gasteiger partial charge in [-0.1, -0.05) is 0 Å². The van der Waals surface area contributed by atoms with E-state index in [1.807, 2.05) is 6.07 Å². The second-order valence-electron chi connectivity index (χ2n) is 3.68. The Labute approximate surface area is 93.0 Å².